The molecule has 1 aromatic rings. The lowest BCUT2D eigenvalue weighted by Gasteiger charge is -2.25. The number of benzene rings is 1. The van der Waals surface area contributed by atoms with Crippen molar-refractivity contribution in [2.24, 2.45) is 11.7 Å². The molecule has 1 aliphatic rings. The molecule has 1 saturated carbocycles. The Balaban J connectivity index is 2.07. The summed E-state index contributed by atoms with van der Waals surface area (Å²) in [6.45, 7) is 0.704. The van der Waals surface area contributed by atoms with Gasteiger partial charge in [-0.3, -0.25) is 0 Å². The highest BCUT2D eigenvalue weighted by Gasteiger charge is 2.20. The van der Waals surface area contributed by atoms with Crippen LogP contribution in [0.25, 0.3) is 0 Å². The van der Waals surface area contributed by atoms with Crippen LogP contribution in [0.4, 0.5) is 0 Å². The van der Waals surface area contributed by atoms with Gasteiger partial charge in [0.25, 0.3) is 0 Å². The Morgan fingerprint density at radius 3 is 2.70 bits per heavy atom. The first-order valence-corrected chi connectivity index (χ1v) is 8.39. The molecule has 0 aliphatic heterocycles. The van der Waals surface area contributed by atoms with Crippen LogP contribution in [-0.4, -0.2) is 21.5 Å². The van der Waals surface area contributed by atoms with Crippen molar-refractivity contribution < 1.29 is 8.42 Å². The number of rotatable bonds is 5. The van der Waals surface area contributed by atoms with E-state index >= 15 is 0 Å². The first kappa shape index (κ1) is 15.0. The van der Waals surface area contributed by atoms with Crippen molar-refractivity contribution in [2.75, 3.05) is 13.1 Å². The molecule has 2 rings (SSSR count). The summed E-state index contributed by atoms with van der Waals surface area (Å²) in [5.74, 6) is 6.19. The fourth-order valence-corrected chi connectivity index (χ4v) is 3.42. The van der Waals surface area contributed by atoms with Crippen LogP contribution in [0.2, 0.25) is 0 Å². The van der Waals surface area contributed by atoms with Gasteiger partial charge < -0.3 is 5.73 Å². The normalized spacial score (nSPS) is 15.2. The van der Waals surface area contributed by atoms with Gasteiger partial charge in [0.15, 0.2) is 0 Å². The van der Waals surface area contributed by atoms with E-state index in [0.717, 1.165) is 6.42 Å². The largest absolute Gasteiger partial charge is 0.320 e. The predicted molar refractivity (Wildman–Crippen MR) is 79.5 cm³/mol. The van der Waals surface area contributed by atoms with Crippen molar-refractivity contribution in [3.63, 3.8) is 0 Å². The van der Waals surface area contributed by atoms with Crippen LogP contribution in [-0.2, 0) is 10.0 Å². The Kier molecular flexibility index (Phi) is 5.18. The number of hydrogen-bond donors (Lipinski definition) is 2. The van der Waals surface area contributed by atoms with Gasteiger partial charge in [0, 0.05) is 12.1 Å². The molecule has 0 bridgehead atoms. The molecule has 0 unspecified atom stereocenters. The molecule has 0 saturated heterocycles. The maximum atomic E-state index is 12.3. The molecule has 0 atom stereocenters. The van der Waals surface area contributed by atoms with Crippen LogP contribution in [0.3, 0.4) is 0 Å². The van der Waals surface area contributed by atoms with Gasteiger partial charge in [-0.15, -0.1) is 0 Å². The second-order valence-electron chi connectivity index (χ2n) is 4.99. The Morgan fingerprint density at radius 2 is 2.05 bits per heavy atom. The van der Waals surface area contributed by atoms with E-state index in [0.29, 0.717) is 18.0 Å². The number of sulfonamides is 1. The number of hydrogen-bond acceptors (Lipinski definition) is 3. The summed E-state index contributed by atoms with van der Waals surface area (Å²) in [4.78, 5) is 0.231. The summed E-state index contributed by atoms with van der Waals surface area (Å²) >= 11 is 0. The second-order valence-corrected chi connectivity index (χ2v) is 6.72. The number of nitrogens with one attached hydrogen (secondary N) is 1. The molecule has 1 fully saturated rings. The third kappa shape index (κ3) is 3.83. The van der Waals surface area contributed by atoms with E-state index in [4.69, 9.17) is 5.73 Å². The van der Waals surface area contributed by atoms with Crippen molar-refractivity contribution >= 4 is 10.0 Å². The molecule has 3 N–H and O–H groups in total. The Bertz CT molecular complexity index is 610. The zero-order valence-electron chi connectivity index (χ0n) is 11.4. The monoisotopic (exact) mass is 292 g/mol. The van der Waals surface area contributed by atoms with Crippen LogP contribution < -0.4 is 10.5 Å². The van der Waals surface area contributed by atoms with Gasteiger partial charge in [-0.25, -0.2) is 13.1 Å². The predicted octanol–water partition coefficient (Wildman–Crippen LogP) is 1.47. The summed E-state index contributed by atoms with van der Waals surface area (Å²) < 4.78 is 27.3. The quantitative estimate of drug-likeness (QED) is 0.807. The summed E-state index contributed by atoms with van der Waals surface area (Å²) in [6, 6.07) is 6.75. The highest BCUT2D eigenvalue weighted by Crippen LogP contribution is 2.28. The van der Waals surface area contributed by atoms with Gasteiger partial charge in [-0.1, -0.05) is 43.2 Å². The summed E-state index contributed by atoms with van der Waals surface area (Å²) in [5.41, 5.74) is 5.83. The topological polar surface area (TPSA) is 72.2 Å². The third-order valence-corrected chi connectivity index (χ3v) is 5.09. The van der Waals surface area contributed by atoms with E-state index in [-0.39, 0.29) is 11.4 Å². The average molecular weight is 292 g/mol. The molecular formula is C15H20N2O2S. The molecule has 0 radical (unpaired) electrons. The summed E-state index contributed by atoms with van der Waals surface area (Å²) in [6.07, 6.45) is 4.63. The first-order valence-electron chi connectivity index (χ1n) is 6.91. The second kappa shape index (κ2) is 6.89. The lowest BCUT2D eigenvalue weighted by atomic mass is 9.83. The van der Waals surface area contributed by atoms with Gasteiger partial charge >= 0.3 is 0 Å². The van der Waals surface area contributed by atoms with Crippen molar-refractivity contribution in [1.82, 2.24) is 4.72 Å². The van der Waals surface area contributed by atoms with Gasteiger partial charge in [0.1, 0.15) is 0 Å². The minimum Gasteiger partial charge on any atom is -0.320 e. The standard InChI is InChI=1S/C15H20N2O2S/c16-11-4-8-14-7-1-2-9-15(14)20(18,19)17-12-10-13-5-3-6-13/h1-2,7,9,13,17H,3,5-6,10-12,16H2. The molecule has 20 heavy (non-hydrogen) atoms. The molecule has 0 amide bonds. The Labute approximate surface area is 120 Å². The molecular weight excluding hydrogens is 272 g/mol. The van der Waals surface area contributed by atoms with E-state index in [2.05, 4.69) is 16.6 Å². The van der Waals surface area contributed by atoms with Crippen LogP contribution in [0.15, 0.2) is 29.2 Å². The Morgan fingerprint density at radius 1 is 1.30 bits per heavy atom. The van der Waals surface area contributed by atoms with Crippen molar-refractivity contribution in [1.29, 1.82) is 0 Å². The van der Waals surface area contributed by atoms with Crippen molar-refractivity contribution in [3.8, 4) is 11.8 Å². The Hall–Kier alpha value is -1.35. The molecule has 0 aromatic heterocycles. The van der Waals surface area contributed by atoms with E-state index in [1.165, 1.54) is 19.3 Å². The highest BCUT2D eigenvalue weighted by molar-refractivity contribution is 7.89. The van der Waals surface area contributed by atoms with Gasteiger partial charge in [0.05, 0.1) is 11.4 Å². The SMILES string of the molecule is NCC#Cc1ccccc1S(=O)(=O)NCCC1CCC1. The molecule has 0 heterocycles. The molecule has 4 nitrogen and oxygen atoms in total. The van der Waals surface area contributed by atoms with Crippen LogP contribution in [0.1, 0.15) is 31.2 Å². The van der Waals surface area contributed by atoms with E-state index in [9.17, 15) is 8.42 Å². The lowest BCUT2D eigenvalue weighted by Crippen LogP contribution is -2.28. The highest BCUT2D eigenvalue weighted by atomic mass is 32.2. The fraction of sp³-hybridized carbons (Fsp3) is 0.467. The number of nitrogens with two attached hydrogens (primary N) is 1. The van der Waals surface area contributed by atoms with Gasteiger partial charge in [-0.2, -0.15) is 0 Å². The third-order valence-electron chi connectivity index (χ3n) is 3.57. The maximum absolute atomic E-state index is 12.3. The first-order chi connectivity index (χ1) is 9.63. The molecule has 108 valence electrons. The van der Waals surface area contributed by atoms with E-state index in [1.54, 1.807) is 24.3 Å². The molecule has 1 aliphatic carbocycles. The molecule has 5 heteroatoms. The van der Waals surface area contributed by atoms with Crippen molar-refractivity contribution in [3.05, 3.63) is 29.8 Å². The smallest absolute Gasteiger partial charge is 0.241 e. The van der Waals surface area contributed by atoms with Gasteiger partial charge in [-0.05, 0) is 24.5 Å². The zero-order valence-corrected chi connectivity index (χ0v) is 12.2. The lowest BCUT2D eigenvalue weighted by molar-refractivity contribution is 0.297. The summed E-state index contributed by atoms with van der Waals surface area (Å²) in [5, 5.41) is 0. The maximum Gasteiger partial charge on any atom is 0.241 e. The fourth-order valence-electron chi connectivity index (χ4n) is 2.21. The van der Waals surface area contributed by atoms with Crippen molar-refractivity contribution in [2.45, 2.75) is 30.6 Å². The average Bonchev–Trinajstić information content (AvgIpc) is 2.39. The minimum absolute atomic E-state index is 0.212. The van der Waals surface area contributed by atoms with E-state index < -0.39 is 10.0 Å². The minimum atomic E-state index is -3.49. The van der Waals surface area contributed by atoms with E-state index in [1.807, 2.05) is 0 Å². The van der Waals surface area contributed by atoms with Crippen LogP contribution >= 0.6 is 0 Å². The van der Waals surface area contributed by atoms with Gasteiger partial charge in [0.2, 0.25) is 10.0 Å². The van der Waals surface area contributed by atoms with Crippen LogP contribution in [0.5, 0.6) is 0 Å². The summed E-state index contributed by atoms with van der Waals surface area (Å²) in [7, 11) is -3.49. The van der Waals surface area contributed by atoms with Crippen LogP contribution in [0, 0.1) is 17.8 Å². The zero-order chi connectivity index (χ0) is 14.4. The molecule has 1 aromatic carbocycles. The molecule has 0 spiro atoms.